The van der Waals surface area contributed by atoms with Crippen LogP contribution in [0.1, 0.15) is 36.1 Å². The molecule has 0 unspecified atom stereocenters. The summed E-state index contributed by atoms with van der Waals surface area (Å²) in [5.74, 6) is 1.03. The van der Waals surface area contributed by atoms with Crippen LogP contribution in [0.25, 0.3) is 0 Å². The van der Waals surface area contributed by atoms with Crippen molar-refractivity contribution in [1.82, 2.24) is 0 Å². The Morgan fingerprint density at radius 2 is 1.75 bits per heavy atom. The van der Waals surface area contributed by atoms with Crippen molar-refractivity contribution in [1.29, 1.82) is 0 Å². The molecule has 1 aliphatic rings. The summed E-state index contributed by atoms with van der Waals surface area (Å²) in [6, 6.07) is 0. The minimum atomic E-state index is -0.122. The Hall–Kier alpha value is -0.670. The maximum atomic E-state index is 9.36. The zero-order chi connectivity index (χ0) is 12.1. The average Bonchev–Trinajstić information content (AvgIpc) is 2.52. The first-order valence-electron chi connectivity index (χ1n) is 5.50. The largest absolute Gasteiger partial charge is 0.487 e. The van der Waals surface area contributed by atoms with E-state index in [0.717, 1.165) is 45.8 Å². The van der Waals surface area contributed by atoms with Crippen molar-refractivity contribution in [3.05, 3.63) is 22.3 Å². The fourth-order valence-electron chi connectivity index (χ4n) is 2.38. The Morgan fingerprint density at radius 3 is 2.31 bits per heavy atom. The molecule has 1 aliphatic heterocycles. The van der Waals surface area contributed by atoms with Crippen LogP contribution in [0.15, 0.2) is 4.90 Å². The number of ether oxygens (including phenoxy) is 1. The first-order chi connectivity index (χ1) is 7.37. The van der Waals surface area contributed by atoms with Gasteiger partial charge in [0.2, 0.25) is 0 Å². The molecule has 1 heterocycles. The van der Waals surface area contributed by atoms with E-state index in [2.05, 4.69) is 27.7 Å². The lowest BCUT2D eigenvalue weighted by molar-refractivity contribution is 0.137. The summed E-state index contributed by atoms with van der Waals surface area (Å²) in [5, 5.41) is 0. The van der Waals surface area contributed by atoms with Crippen molar-refractivity contribution in [3.8, 4) is 5.75 Å². The normalized spacial score (nSPS) is 17.1. The average molecular weight is 238 g/mol. The van der Waals surface area contributed by atoms with Gasteiger partial charge in [0, 0.05) is 28.9 Å². The van der Waals surface area contributed by atoms with Crippen LogP contribution < -0.4 is 4.74 Å². The van der Waals surface area contributed by atoms with Crippen LogP contribution in [0.3, 0.4) is 0 Å². The minimum Gasteiger partial charge on any atom is -0.487 e. The standard InChI is InChI=1S/C13H18O2S/c1-7-8(2)12(16-14)9(3)10-6-13(4,5)15-11(7)10/h14H,6H2,1-5H3. The molecule has 0 spiro atoms. The summed E-state index contributed by atoms with van der Waals surface area (Å²) in [6.07, 6.45) is 0.919. The molecule has 2 nitrogen and oxygen atoms in total. The van der Waals surface area contributed by atoms with Crippen LogP contribution in [-0.2, 0) is 6.42 Å². The molecule has 2 rings (SSSR count). The van der Waals surface area contributed by atoms with Gasteiger partial charge >= 0.3 is 0 Å². The molecule has 0 bridgehead atoms. The molecular weight excluding hydrogens is 220 g/mol. The van der Waals surface area contributed by atoms with Gasteiger partial charge in [-0.1, -0.05) is 0 Å². The molecule has 88 valence electrons. The van der Waals surface area contributed by atoms with E-state index in [0.29, 0.717) is 0 Å². The smallest absolute Gasteiger partial charge is 0.126 e. The van der Waals surface area contributed by atoms with Crippen molar-refractivity contribution in [2.45, 2.75) is 51.5 Å². The van der Waals surface area contributed by atoms with Gasteiger partial charge in [-0.15, -0.1) is 0 Å². The number of hydrogen-bond acceptors (Lipinski definition) is 3. The van der Waals surface area contributed by atoms with Gasteiger partial charge in [0.15, 0.2) is 0 Å². The SMILES string of the molecule is Cc1c(C)c(SO)c(C)c2c1OC(C)(C)C2. The lowest BCUT2D eigenvalue weighted by atomic mass is 9.94. The Balaban J connectivity index is 2.68. The third kappa shape index (κ3) is 1.62. The Morgan fingerprint density at radius 1 is 1.12 bits per heavy atom. The second kappa shape index (κ2) is 3.67. The molecule has 0 saturated carbocycles. The molecule has 0 saturated heterocycles. The van der Waals surface area contributed by atoms with Gasteiger partial charge in [0.1, 0.15) is 11.4 Å². The molecule has 0 aliphatic carbocycles. The number of rotatable bonds is 1. The first kappa shape index (κ1) is 11.8. The van der Waals surface area contributed by atoms with Crippen molar-refractivity contribution in [2.24, 2.45) is 0 Å². The van der Waals surface area contributed by atoms with Crippen LogP contribution >= 0.6 is 12.0 Å². The second-order valence-electron chi connectivity index (χ2n) is 5.14. The Bertz CT molecular complexity index is 450. The molecule has 1 aromatic carbocycles. The Kier molecular flexibility index (Phi) is 2.71. The predicted molar refractivity (Wildman–Crippen MR) is 67.5 cm³/mol. The van der Waals surface area contributed by atoms with Gasteiger partial charge in [-0.2, -0.15) is 0 Å². The summed E-state index contributed by atoms with van der Waals surface area (Å²) in [4.78, 5) is 0.984. The molecule has 0 amide bonds. The zero-order valence-electron chi connectivity index (χ0n) is 10.5. The summed E-state index contributed by atoms with van der Waals surface area (Å²) in [6.45, 7) is 10.4. The summed E-state index contributed by atoms with van der Waals surface area (Å²) >= 11 is 0.847. The van der Waals surface area contributed by atoms with Gasteiger partial charge in [-0.3, -0.25) is 0 Å². The van der Waals surface area contributed by atoms with Crippen LogP contribution in [0.5, 0.6) is 5.75 Å². The fourth-order valence-corrected chi connectivity index (χ4v) is 2.93. The van der Waals surface area contributed by atoms with Gasteiger partial charge in [-0.25, -0.2) is 0 Å². The van der Waals surface area contributed by atoms with E-state index in [1.807, 2.05) is 6.92 Å². The highest BCUT2D eigenvalue weighted by Gasteiger charge is 2.34. The first-order valence-corrected chi connectivity index (χ1v) is 6.28. The zero-order valence-corrected chi connectivity index (χ0v) is 11.3. The summed E-state index contributed by atoms with van der Waals surface area (Å²) in [7, 11) is 0. The molecule has 0 atom stereocenters. The topological polar surface area (TPSA) is 29.5 Å². The van der Waals surface area contributed by atoms with Crippen molar-refractivity contribution >= 4 is 12.0 Å². The van der Waals surface area contributed by atoms with E-state index in [-0.39, 0.29) is 5.60 Å². The van der Waals surface area contributed by atoms with E-state index in [1.165, 1.54) is 5.56 Å². The fraction of sp³-hybridized carbons (Fsp3) is 0.538. The molecule has 1 aromatic rings. The van der Waals surface area contributed by atoms with E-state index < -0.39 is 0 Å². The monoisotopic (exact) mass is 238 g/mol. The van der Waals surface area contributed by atoms with Gasteiger partial charge in [-0.05, 0) is 51.3 Å². The van der Waals surface area contributed by atoms with Crippen LogP contribution in [-0.4, -0.2) is 10.2 Å². The van der Waals surface area contributed by atoms with Crippen molar-refractivity contribution in [2.75, 3.05) is 0 Å². The molecule has 0 fully saturated rings. The maximum Gasteiger partial charge on any atom is 0.126 e. The Labute approximate surface area is 101 Å². The van der Waals surface area contributed by atoms with Gasteiger partial charge in [0.05, 0.1) is 0 Å². The number of fused-ring (bicyclic) bond motifs is 1. The third-order valence-corrected chi connectivity index (χ3v) is 4.18. The van der Waals surface area contributed by atoms with Crippen LogP contribution in [0, 0.1) is 20.8 Å². The van der Waals surface area contributed by atoms with E-state index >= 15 is 0 Å². The van der Waals surface area contributed by atoms with Crippen LogP contribution in [0.4, 0.5) is 0 Å². The molecule has 3 heteroatoms. The molecule has 0 radical (unpaired) electrons. The lowest BCUT2D eigenvalue weighted by Gasteiger charge is -2.18. The minimum absolute atomic E-state index is 0.122. The summed E-state index contributed by atoms with van der Waals surface area (Å²) < 4.78 is 15.4. The number of hydrogen-bond donors (Lipinski definition) is 1. The molecule has 1 N–H and O–H groups in total. The van der Waals surface area contributed by atoms with E-state index in [4.69, 9.17) is 4.74 Å². The van der Waals surface area contributed by atoms with E-state index in [1.54, 1.807) is 0 Å². The predicted octanol–water partition coefficient (Wildman–Crippen LogP) is 3.89. The third-order valence-electron chi connectivity index (χ3n) is 3.38. The highest BCUT2D eigenvalue weighted by atomic mass is 32.2. The van der Waals surface area contributed by atoms with Gasteiger partial charge < -0.3 is 9.29 Å². The van der Waals surface area contributed by atoms with E-state index in [9.17, 15) is 4.55 Å². The van der Waals surface area contributed by atoms with Crippen molar-refractivity contribution < 1.29 is 9.29 Å². The highest BCUT2D eigenvalue weighted by Crippen LogP contribution is 2.44. The highest BCUT2D eigenvalue weighted by molar-refractivity contribution is 7.93. The van der Waals surface area contributed by atoms with Gasteiger partial charge in [0.25, 0.3) is 0 Å². The number of benzene rings is 1. The quantitative estimate of drug-likeness (QED) is 0.753. The maximum absolute atomic E-state index is 9.36. The molecule has 16 heavy (non-hydrogen) atoms. The van der Waals surface area contributed by atoms with Crippen molar-refractivity contribution in [3.63, 3.8) is 0 Å². The lowest BCUT2D eigenvalue weighted by Crippen LogP contribution is -2.24. The van der Waals surface area contributed by atoms with Crippen LogP contribution in [0.2, 0.25) is 0 Å². The second-order valence-corrected chi connectivity index (χ2v) is 5.73. The molecular formula is C13H18O2S. The summed E-state index contributed by atoms with van der Waals surface area (Å²) in [5.41, 5.74) is 4.58. The molecule has 0 aromatic heterocycles.